The number of benzene rings is 1. The Kier molecular flexibility index (Phi) is 8.32. The van der Waals surface area contributed by atoms with Crippen LogP contribution in [0.5, 0.6) is 0 Å². The molecular formula is C15H22ClIN6. The summed E-state index contributed by atoms with van der Waals surface area (Å²) in [6.07, 6.45) is 0. The van der Waals surface area contributed by atoms with Gasteiger partial charge in [-0.2, -0.15) is 0 Å². The molecule has 0 fully saturated rings. The monoisotopic (exact) mass is 448 g/mol. The van der Waals surface area contributed by atoms with Crippen LogP contribution in [-0.4, -0.2) is 27.3 Å². The van der Waals surface area contributed by atoms with E-state index in [0.29, 0.717) is 13.1 Å². The molecule has 6 nitrogen and oxygen atoms in total. The van der Waals surface area contributed by atoms with Gasteiger partial charge in [0.05, 0.1) is 13.1 Å². The Morgan fingerprint density at radius 1 is 1.26 bits per heavy atom. The van der Waals surface area contributed by atoms with E-state index in [2.05, 4.69) is 25.8 Å². The van der Waals surface area contributed by atoms with Crippen LogP contribution in [0, 0.1) is 6.92 Å². The van der Waals surface area contributed by atoms with Crippen molar-refractivity contribution in [3.8, 4) is 0 Å². The molecule has 0 radical (unpaired) electrons. The fourth-order valence-corrected chi connectivity index (χ4v) is 2.10. The van der Waals surface area contributed by atoms with Crippen molar-refractivity contribution in [2.75, 3.05) is 6.54 Å². The lowest BCUT2D eigenvalue weighted by Gasteiger charge is -2.11. The zero-order chi connectivity index (χ0) is 15.9. The van der Waals surface area contributed by atoms with E-state index in [4.69, 9.17) is 11.6 Å². The normalized spacial score (nSPS) is 11.0. The third-order valence-corrected chi connectivity index (χ3v) is 3.67. The Bertz CT molecular complexity index is 655. The molecule has 1 aromatic heterocycles. The van der Waals surface area contributed by atoms with Gasteiger partial charge in [0, 0.05) is 18.6 Å². The van der Waals surface area contributed by atoms with Gasteiger partial charge in [-0.3, -0.25) is 0 Å². The Balaban J connectivity index is 0.00000264. The third-order valence-electron chi connectivity index (χ3n) is 3.31. The van der Waals surface area contributed by atoms with Crippen molar-refractivity contribution >= 4 is 41.5 Å². The molecule has 0 bridgehead atoms. The number of nitrogens with zero attached hydrogens (tertiary/aromatic N) is 4. The number of guanidine groups is 1. The van der Waals surface area contributed by atoms with Gasteiger partial charge in [0.15, 0.2) is 11.8 Å². The topological polar surface area (TPSA) is 67.1 Å². The van der Waals surface area contributed by atoms with E-state index < -0.39 is 0 Å². The van der Waals surface area contributed by atoms with Crippen LogP contribution in [0.4, 0.5) is 0 Å². The maximum absolute atomic E-state index is 6.15. The molecule has 0 saturated heterocycles. The number of hydrogen-bond donors (Lipinski definition) is 2. The molecule has 126 valence electrons. The minimum atomic E-state index is 0. The van der Waals surface area contributed by atoms with Crippen molar-refractivity contribution < 1.29 is 0 Å². The van der Waals surface area contributed by atoms with Crippen LogP contribution in [0.2, 0.25) is 5.02 Å². The Morgan fingerprint density at radius 2 is 2.00 bits per heavy atom. The molecule has 0 unspecified atom stereocenters. The first kappa shape index (κ1) is 19.7. The molecule has 0 atom stereocenters. The Morgan fingerprint density at radius 3 is 2.61 bits per heavy atom. The van der Waals surface area contributed by atoms with Gasteiger partial charge in [0.2, 0.25) is 0 Å². The lowest BCUT2D eigenvalue weighted by atomic mass is 10.2. The summed E-state index contributed by atoms with van der Waals surface area (Å²) in [5.41, 5.74) is 0.996. The van der Waals surface area contributed by atoms with E-state index in [9.17, 15) is 0 Å². The minimum absolute atomic E-state index is 0. The van der Waals surface area contributed by atoms with Crippen LogP contribution >= 0.6 is 35.6 Å². The Labute approximate surface area is 158 Å². The predicted molar refractivity (Wildman–Crippen MR) is 104 cm³/mol. The van der Waals surface area contributed by atoms with Gasteiger partial charge in [0.25, 0.3) is 0 Å². The number of rotatable bonds is 5. The summed E-state index contributed by atoms with van der Waals surface area (Å²) in [7, 11) is 1.94. The summed E-state index contributed by atoms with van der Waals surface area (Å²) < 4.78 is 1.95. The molecular weight excluding hydrogens is 427 g/mol. The second-order valence-electron chi connectivity index (χ2n) is 4.86. The van der Waals surface area contributed by atoms with E-state index in [1.807, 2.05) is 49.7 Å². The molecule has 2 aromatic rings. The van der Waals surface area contributed by atoms with Crippen molar-refractivity contribution in [2.24, 2.45) is 12.0 Å². The fourth-order valence-electron chi connectivity index (χ4n) is 1.90. The van der Waals surface area contributed by atoms with Gasteiger partial charge in [-0.1, -0.05) is 29.8 Å². The zero-order valence-corrected chi connectivity index (χ0v) is 16.6. The first-order valence-corrected chi connectivity index (χ1v) is 7.60. The zero-order valence-electron chi connectivity index (χ0n) is 13.5. The summed E-state index contributed by atoms with van der Waals surface area (Å²) in [5.74, 6) is 2.47. The van der Waals surface area contributed by atoms with Crippen LogP contribution in [0.25, 0.3) is 0 Å². The molecule has 1 aromatic carbocycles. The lowest BCUT2D eigenvalue weighted by Crippen LogP contribution is -2.37. The van der Waals surface area contributed by atoms with Crippen molar-refractivity contribution in [3.05, 3.63) is 46.5 Å². The average molecular weight is 449 g/mol. The second-order valence-corrected chi connectivity index (χ2v) is 5.27. The SMILES string of the molecule is CCNC(=NCc1ccccc1Cl)NCc1nnc(C)n1C.I. The van der Waals surface area contributed by atoms with E-state index in [-0.39, 0.29) is 24.0 Å². The van der Waals surface area contributed by atoms with Crippen LogP contribution in [0.1, 0.15) is 24.1 Å². The average Bonchev–Trinajstić information content (AvgIpc) is 2.83. The molecule has 0 aliphatic carbocycles. The van der Waals surface area contributed by atoms with Crippen molar-refractivity contribution in [1.29, 1.82) is 0 Å². The number of halogens is 2. The minimum Gasteiger partial charge on any atom is -0.357 e. The summed E-state index contributed by atoms with van der Waals surface area (Å²) in [5, 5.41) is 15.4. The van der Waals surface area contributed by atoms with E-state index in [1.54, 1.807) is 0 Å². The van der Waals surface area contributed by atoms with Gasteiger partial charge in [-0.05, 0) is 25.5 Å². The lowest BCUT2D eigenvalue weighted by molar-refractivity contribution is 0.718. The summed E-state index contributed by atoms with van der Waals surface area (Å²) in [6, 6.07) is 7.71. The molecule has 23 heavy (non-hydrogen) atoms. The molecule has 2 N–H and O–H groups in total. The van der Waals surface area contributed by atoms with E-state index >= 15 is 0 Å². The summed E-state index contributed by atoms with van der Waals surface area (Å²) in [4.78, 5) is 4.55. The van der Waals surface area contributed by atoms with Gasteiger partial charge >= 0.3 is 0 Å². The predicted octanol–water partition coefficient (Wildman–Crippen LogP) is 2.65. The first-order chi connectivity index (χ1) is 10.6. The quantitative estimate of drug-likeness (QED) is 0.419. The molecule has 0 aliphatic rings. The maximum Gasteiger partial charge on any atom is 0.191 e. The molecule has 8 heteroatoms. The smallest absolute Gasteiger partial charge is 0.191 e. The highest BCUT2D eigenvalue weighted by Gasteiger charge is 2.06. The van der Waals surface area contributed by atoms with E-state index in [0.717, 1.165) is 34.7 Å². The number of aryl methyl sites for hydroxylation is 1. The largest absolute Gasteiger partial charge is 0.357 e. The molecule has 2 rings (SSSR count). The van der Waals surface area contributed by atoms with Crippen molar-refractivity contribution in [3.63, 3.8) is 0 Å². The van der Waals surface area contributed by atoms with Gasteiger partial charge in [-0.15, -0.1) is 34.2 Å². The number of hydrogen-bond acceptors (Lipinski definition) is 3. The summed E-state index contributed by atoms with van der Waals surface area (Å²) >= 11 is 6.15. The summed E-state index contributed by atoms with van der Waals surface area (Å²) in [6.45, 7) is 5.82. The van der Waals surface area contributed by atoms with Gasteiger partial charge < -0.3 is 15.2 Å². The van der Waals surface area contributed by atoms with Crippen LogP contribution in [0.15, 0.2) is 29.3 Å². The number of aliphatic imine (C=N–C) groups is 1. The standard InChI is InChI=1S/C15H21ClN6.HI/c1-4-17-15(18-9-12-7-5-6-8-13(12)16)19-10-14-21-20-11(2)22(14)3;/h5-8H,4,9-10H2,1-3H3,(H2,17,18,19);1H. The van der Waals surface area contributed by atoms with Gasteiger partial charge in [0.1, 0.15) is 5.82 Å². The molecule has 0 aliphatic heterocycles. The van der Waals surface area contributed by atoms with Crippen LogP contribution < -0.4 is 10.6 Å². The molecule has 0 saturated carbocycles. The first-order valence-electron chi connectivity index (χ1n) is 7.22. The van der Waals surface area contributed by atoms with Crippen molar-refractivity contribution in [1.82, 2.24) is 25.4 Å². The Hall–Kier alpha value is -1.35. The number of aromatic nitrogens is 3. The second kappa shape index (κ2) is 9.71. The maximum atomic E-state index is 6.15. The molecule has 0 spiro atoms. The molecule has 1 heterocycles. The highest BCUT2D eigenvalue weighted by atomic mass is 127. The van der Waals surface area contributed by atoms with Crippen molar-refractivity contribution in [2.45, 2.75) is 26.9 Å². The molecule has 0 amide bonds. The highest BCUT2D eigenvalue weighted by Crippen LogP contribution is 2.15. The van der Waals surface area contributed by atoms with Crippen LogP contribution in [-0.2, 0) is 20.1 Å². The number of nitrogens with one attached hydrogen (secondary N) is 2. The van der Waals surface area contributed by atoms with E-state index in [1.165, 1.54) is 0 Å². The fraction of sp³-hybridized carbons (Fsp3) is 0.400. The highest BCUT2D eigenvalue weighted by molar-refractivity contribution is 14.0. The van der Waals surface area contributed by atoms with Crippen LogP contribution in [0.3, 0.4) is 0 Å². The third kappa shape index (κ3) is 5.65. The van der Waals surface area contributed by atoms with Gasteiger partial charge in [-0.25, -0.2) is 4.99 Å².